The fourth-order valence-electron chi connectivity index (χ4n) is 5.46. The van der Waals surface area contributed by atoms with Gasteiger partial charge in [-0.05, 0) is 107 Å². The number of hydrogen-bond donors (Lipinski definition) is 1. The van der Waals surface area contributed by atoms with E-state index in [2.05, 4.69) is 30.5 Å². The number of benzene rings is 1. The van der Waals surface area contributed by atoms with Crippen molar-refractivity contribution in [2.75, 3.05) is 4.90 Å². The molecule has 1 N–H and O–H groups in total. The summed E-state index contributed by atoms with van der Waals surface area (Å²) in [5.41, 5.74) is 2.24. The van der Waals surface area contributed by atoms with Gasteiger partial charge in [0.1, 0.15) is 29.2 Å². The second-order valence-electron chi connectivity index (χ2n) is 13.3. The molecule has 6 rings (SSSR count). The number of nitrogens with zero attached hydrogens (tertiary/aromatic N) is 8. The Kier molecular flexibility index (Phi) is 8.37. The van der Waals surface area contributed by atoms with Crippen molar-refractivity contribution in [3.05, 3.63) is 88.1 Å². The van der Waals surface area contributed by atoms with E-state index in [0.717, 1.165) is 16.2 Å². The highest BCUT2D eigenvalue weighted by molar-refractivity contribution is 6.31. The maximum absolute atomic E-state index is 13.6. The second-order valence-corrected chi connectivity index (χ2v) is 13.7. The largest absolute Gasteiger partial charge is 0.443 e. The maximum Gasteiger partial charge on any atom is 0.425 e. The molecule has 2 amide bonds. The zero-order chi connectivity index (χ0) is 34.4. The van der Waals surface area contributed by atoms with Crippen molar-refractivity contribution in [3.63, 3.8) is 0 Å². The first-order valence-corrected chi connectivity index (χ1v) is 15.6. The maximum atomic E-state index is 13.6. The molecule has 0 radical (unpaired) electrons. The molecule has 0 bridgehead atoms. The van der Waals surface area contributed by atoms with Gasteiger partial charge >= 0.3 is 12.2 Å². The Morgan fingerprint density at radius 1 is 0.958 bits per heavy atom. The summed E-state index contributed by atoms with van der Waals surface area (Å²) in [5.74, 6) is 0.606. The van der Waals surface area contributed by atoms with Crippen molar-refractivity contribution in [3.8, 4) is 28.1 Å². The summed E-state index contributed by atoms with van der Waals surface area (Å²) in [6.45, 7) is 10.2. The van der Waals surface area contributed by atoms with Gasteiger partial charge in [0, 0.05) is 34.1 Å². The fraction of sp³-hybridized carbons (Fsp3) is 0.333. The number of halogens is 1. The van der Waals surface area contributed by atoms with Crippen LogP contribution in [-0.4, -0.2) is 63.1 Å². The van der Waals surface area contributed by atoms with E-state index in [-0.39, 0.29) is 17.4 Å². The monoisotopic (exact) mass is 671 g/mol. The number of H-pyrrole nitrogens is 1. The first kappa shape index (κ1) is 32.6. The van der Waals surface area contributed by atoms with Crippen LogP contribution in [0.15, 0.2) is 66.0 Å². The number of imidazole rings is 1. The SMILES string of the molecule is CC(C)(C)OC(=O)N(C(=O)OC(C)(C)C)c1cc(-c2cnc([C@@H]3CCc4cc(-c5cc(Cl)ccc5-n5cnnn5)cc(=O)n43)[nH]2)ccn1. The zero-order valence-electron chi connectivity index (χ0n) is 27.3. The lowest BCUT2D eigenvalue weighted by molar-refractivity contribution is 0.0429. The Labute approximate surface area is 280 Å². The average molecular weight is 672 g/mol. The number of aromatic amines is 1. The molecule has 0 unspecified atom stereocenters. The van der Waals surface area contributed by atoms with Crippen molar-refractivity contribution >= 4 is 29.6 Å². The molecule has 1 atom stereocenters. The molecule has 0 saturated carbocycles. The van der Waals surface area contributed by atoms with E-state index in [9.17, 15) is 14.4 Å². The number of ether oxygens (including phenoxy) is 2. The Morgan fingerprint density at radius 3 is 2.35 bits per heavy atom. The van der Waals surface area contributed by atoms with E-state index in [1.165, 1.54) is 17.2 Å². The number of imide groups is 1. The summed E-state index contributed by atoms with van der Waals surface area (Å²) in [6, 6.07) is 11.8. The Hall–Kier alpha value is -5.37. The van der Waals surface area contributed by atoms with Crippen LogP contribution in [0.1, 0.15) is 65.5 Å². The van der Waals surface area contributed by atoms with Gasteiger partial charge in [0.25, 0.3) is 5.56 Å². The predicted molar refractivity (Wildman–Crippen MR) is 177 cm³/mol. The number of carbonyl (C=O) groups excluding carboxylic acids is 2. The Balaban J connectivity index is 1.30. The molecular weight excluding hydrogens is 638 g/mol. The van der Waals surface area contributed by atoms with Gasteiger partial charge in [-0.25, -0.2) is 19.6 Å². The second kappa shape index (κ2) is 12.3. The number of carbonyl (C=O) groups is 2. The molecule has 0 fully saturated rings. The minimum absolute atomic E-state index is 0.0177. The Morgan fingerprint density at radius 2 is 1.69 bits per heavy atom. The summed E-state index contributed by atoms with van der Waals surface area (Å²) in [7, 11) is 0. The standard InChI is InChI=1S/C33H34ClN9O5/c1-32(2,3)47-30(45)43(31(46)48-33(4,5)6)27-14-19(11-12-35-27)24-17-36-29(38-24)26-10-8-22-13-20(15-28(44)42(22)26)23-16-21(34)7-9-25(23)41-18-37-39-40-41/h7,9,11-18,26H,8,10H2,1-6H3,(H,36,38)/t26-/m0/s1. The minimum Gasteiger partial charge on any atom is -0.443 e. The van der Waals surface area contributed by atoms with Crippen LogP contribution >= 0.6 is 11.6 Å². The van der Waals surface area contributed by atoms with Gasteiger partial charge in [0.15, 0.2) is 0 Å². The van der Waals surface area contributed by atoms with Crippen molar-refractivity contribution in [2.45, 2.75) is 71.6 Å². The predicted octanol–water partition coefficient (Wildman–Crippen LogP) is 6.14. The minimum atomic E-state index is -0.921. The number of amides is 2. The third-order valence-corrected chi connectivity index (χ3v) is 7.58. The number of anilines is 1. The lowest BCUT2D eigenvalue weighted by Crippen LogP contribution is -2.44. The van der Waals surface area contributed by atoms with Gasteiger partial charge in [-0.15, -0.1) is 5.10 Å². The molecule has 4 aromatic heterocycles. The number of aryl methyl sites for hydroxylation is 1. The number of fused-ring (bicyclic) bond motifs is 1. The molecule has 0 saturated heterocycles. The van der Waals surface area contributed by atoms with E-state index >= 15 is 0 Å². The third-order valence-electron chi connectivity index (χ3n) is 7.35. The summed E-state index contributed by atoms with van der Waals surface area (Å²) < 4.78 is 14.2. The van der Waals surface area contributed by atoms with Gasteiger partial charge in [-0.1, -0.05) is 11.6 Å². The average Bonchev–Trinajstić information content (AvgIpc) is 3.77. The number of nitrogens with one attached hydrogen (secondary N) is 1. The topological polar surface area (TPSA) is 163 Å². The summed E-state index contributed by atoms with van der Waals surface area (Å²) >= 11 is 6.34. The fourth-order valence-corrected chi connectivity index (χ4v) is 5.63. The molecule has 248 valence electrons. The van der Waals surface area contributed by atoms with E-state index < -0.39 is 23.4 Å². The zero-order valence-corrected chi connectivity index (χ0v) is 28.0. The van der Waals surface area contributed by atoms with Gasteiger partial charge in [0.2, 0.25) is 0 Å². The lowest BCUT2D eigenvalue weighted by Gasteiger charge is -2.28. The van der Waals surface area contributed by atoms with Crippen molar-refractivity contribution in [1.29, 1.82) is 0 Å². The van der Waals surface area contributed by atoms with Crippen LogP contribution in [0, 0.1) is 0 Å². The van der Waals surface area contributed by atoms with Gasteiger partial charge < -0.3 is 19.0 Å². The van der Waals surface area contributed by atoms with E-state index in [1.807, 2.05) is 6.07 Å². The smallest absolute Gasteiger partial charge is 0.425 e. The number of aromatic nitrogens is 8. The normalized spacial score (nSPS) is 14.4. The number of hydrogen-bond acceptors (Lipinski definition) is 10. The molecule has 48 heavy (non-hydrogen) atoms. The van der Waals surface area contributed by atoms with Crippen LogP contribution in [0.3, 0.4) is 0 Å². The number of rotatable bonds is 5. The highest BCUT2D eigenvalue weighted by Crippen LogP contribution is 2.35. The lowest BCUT2D eigenvalue weighted by atomic mass is 10.0. The van der Waals surface area contributed by atoms with E-state index in [1.54, 1.807) is 88.7 Å². The van der Waals surface area contributed by atoms with Crippen molar-refractivity contribution in [1.82, 2.24) is 39.7 Å². The molecule has 14 nitrogen and oxygen atoms in total. The van der Waals surface area contributed by atoms with Crippen LogP contribution in [-0.2, 0) is 15.9 Å². The number of pyridine rings is 2. The first-order valence-electron chi connectivity index (χ1n) is 15.2. The Bertz CT molecular complexity index is 2030. The van der Waals surface area contributed by atoms with Crippen molar-refractivity contribution in [2.24, 2.45) is 0 Å². The quantitative estimate of drug-likeness (QED) is 0.229. The highest BCUT2D eigenvalue weighted by Gasteiger charge is 2.34. The van der Waals surface area contributed by atoms with Gasteiger partial charge in [-0.3, -0.25) is 4.79 Å². The molecule has 0 spiro atoms. The van der Waals surface area contributed by atoms with Crippen LogP contribution in [0.5, 0.6) is 0 Å². The summed E-state index contributed by atoms with van der Waals surface area (Å²) in [4.78, 5) is 53.0. The van der Waals surface area contributed by atoms with Crippen LogP contribution in [0.2, 0.25) is 5.02 Å². The third kappa shape index (κ3) is 6.83. The van der Waals surface area contributed by atoms with E-state index in [4.69, 9.17) is 21.1 Å². The highest BCUT2D eigenvalue weighted by atomic mass is 35.5. The molecule has 1 aliphatic rings. The molecule has 5 aromatic rings. The molecular formula is C33H34ClN9O5. The van der Waals surface area contributed by atoms with Crippen LogP contribution in [0.4, 0.5) is 15.4 Å². The van der Waals surface area contributed by atoms with E-state index in [0.29, 0.717) is 46.2 Å². The van der Waals surface area contributed by atoms with Gasteiger partial charge in [-0.2, -0.15) is 9.58 Å². The molecule has 15 heteroatoms. The summed E-state index contributed by atoms with van der Waals surface area (Å²) in [5, 5.41) is 12.0. The number of tetrazole rings is 1. The van der Waals surface area contributed by atoms with Crippen LogP contribution in [0.25, 0.3) is 28.1 Å². The summed E-state index contributed by atoms with van der Waals surface area (Å²) in [6.07, 6.45) is 4.05. The molecule has 1 aromatic carbocycles. The van der Waals surface area contributed by atoms with Crippen molar-refractivity contribution < 1.29 is 19.1 Å². The molecule has 0 aliphatic carbocycles. The molecule has 1 aliphatic heterocycles. The molecule has 5 heterocycles. The first-order chi connectivity index (χ1) is 22.7. The van der Waals surface area contributed by atoms with Crippen LogP contribution < -0.4 is 10.5 Å². The van der Waals surface area contributed by atoms with Gasteiger partial charge in [0.05, 0.1) is 23.6 Å².